The molecule has 1 saturated heterocycles. The third kappa shape index (κ3) is 4.76. The standard InChI is InChI=1S/C21H21N5O3/c1-25(21(29)15-7-9-23-10-8-15)14-19(27)26-13-16(11-18(26)12-22)20(28)24-17-5-3-2-4-6-17/h2-10,16,18H,11,13-14H2,1H3,(H,24,28). The number of rotatable bonds is 5. The number of likely N-dealkylation sites (tertiary alicyclic amines) is 1. The molecule has 1 N–H and O–H groups in total. The van der Waals surface area contributed by atoms with Crippen LogP contribution in [-0.4, -0.2) is 58.7 Å². The van der Waals surface area contributed by atoms with Gasteiger partial charge in [0.2, 0.25) is 11.8 Å². The van der Waals surface area contributed by atoms with E-state index >= 15 is 0 Å². The molecule has 2 aromatic rings. The van der Waals surface area contributed by atoms with E-state index in [-0.39, 0.29) is 37.2 Å². The van der Waals surface area contributed by atoms with Crippen LogP contribution in [0.25, 0.3) is 0 Å². The monoisotopic (exact) mass is 391 g/mol. The molecule has 1 aromatic carbocycles. The Bertz CT molecular complexity index is 926. The lowest BCUT2D eigenvalue weighted by atomic mass is 10.1. The molecule has 1 fully saturated rings. The molecule has 2 unspecified atom stereocenters. The second-order valence-corrected chi connectivity index (χ2v) is 6.88. The number of carbonyl (C=O) groups is 3. The minimum Gasteiger partial charge on any atom is -0.332 e. The molecule has 0 spiro atoms. The van der Waals surface area contributed by atoms with Gasteiger partial charge in [0.1, 0.15) is 6.04 Å². The van der Waals surface area contributed by atoms with Gasteiger partial charge in [-0.25, -0.2) is 0 Å². The van der Waals surface area contributed by atoms with Crippen molar-refractivity contribution in [1.29, 1.82) is 5.26 Å². The summed E-state index contributed by atoms with van der Waals surface area (Å²) in [6.07, 6.45) is 3.28. The Morgan fingerprint density at radius 3 is 2.55 bits per heavy atom. The zero-order valence-corrected chi connectivity index (χ0v) is 16.0. The molecule has 3 amide bonds. The number of benzene rings is 1. The Kier molecular flexibility index (Phi) is 6.19. The molecule has 148 valence electrons. The highest BCUT2D eigenvalue weighted by atomic mass is 16.2. The van der Waals surface area contributed by atoms with Gasteiger partial charge in [0.15, 0.2) is 0 Å². The first-order valence-electron chi connectivity index (χ1n) is 9.20. The summed E-state index contributed by atoms with van der Waals surface area (Å²) >= 11 is 0. The lowest BCUT2D eigenvalue weighted by molar-refractivity contribution is -0.131. The van der Waals surface area contributed by atoms with Crippen molar-refractivity contribution in [2.45, 2.75) is 12.5 Å². The summed E-state index contributed by atoms with van der Waals surface area (Å²) in [5.74, 6) is -1.39. The van der Waals surface area contributed by atoms with Gasteiger partial charge in [0, 0.05) is 37.2 Å². The van der Waals surface area contributed by atoms with Gasteiger partial charge in [-0.3, -0.25) is 19.4 Å². The summed E-state index contributed by atoms with van der Waals surface area (Å²) in [4.78, 5) is 44.2. The fraction of sp³-hybridized carbons (Fsp3) is 0.286. The number of likely N-dealkylation sites (N-methyl/N-ethyl adjacent to an activating group) is 1. The van der Waals surface area contributed by atoms with Crippen molar-refractivity contribution in [3.8, 4) is 6.07 Å². The number of anilines is 1. The van der Waals surface area contributed by atoms with E-state index < -0.39 is 12.0 Å². The largest absolute Gasteiger partial charge is 0.332 e. The van der Waals surface area contributed by atoms with Crippen molar-refractivity contribution in [3.63, 3.8) is 0 Å². The van der Waals surface area contributed by atoms with Gasteiger partial charge in [-0.05, 0) is 30.7 Å². The topological polar surface area (TPSA) is 106 Å². The molecule has 8 heteroatoms. The molecule has 3 rings (SSSR count). The smallest absolute Gasteiger partial charge is 0.254 e. The molecule has 0 radical (unpaired) electrons. The highest BCUT2D eigenvalue weighted by molar-refractivity contribution is 5.97. The van der Waals surface area contributed by atoms with Gasteiger partial charge in [0.25, 0.3) is 5.91 Å². The number of para-hydroxylation sites is 1. The maximum atomic E-state index is 12.7. The molecule has 8 nitrogen and oxygen atoms in total. The summed E-state index contributed by atoms with van der Waals surface area (Å²) in [5, 5.41) is 12.2. The SMILES string of the molecule is CN(CC(=O)N1CC(C(=O)Nc2ccccc2)CC1C#N)C(=O)c1ccncc1. The second-order valence-electron chi connectivity index (χ2n) is 6.88. The van der Waals surface area contributed by atoms with E-state index in [0.717, 1.165) is 0 Å². The van der Waals surface area contributed by atoms with Crippen molar-refractivity contribution in [2.75, 3.05) is 25.5 Å². The highest BCUT2D eigenvalue weighted by Gasteiger charge is 2.39. The molecule has 1 aromatic heterocycles. The molecule has 0 aliphatic carbocycles. The van der Waals surface area contributed by atoms with Crippen LogP contribution >= 0.6 is 0 Å². The van der Waals surface area contributed by atoms with Gasteiger partial charge in [-0.1, -0.05) is 18.2 Å². The van der Waals surface area contributed by atoms with Gasteiger partial charge >= 0.3 is 0 Å². The van der Waals surface area contributed by atoms with E-state index in [2.05, 4.69) is 16.4 Å². The van der Waals surface area contributed by atoms with Gasteiger partial charge < -0.3 is 15.1 Å². The first-order chi connectivity index (χ1) is 14.0. The van der Waals surface area contributed by atoms with Crippen molar-refractivity contribution in [1.82, 2.24) is 14.8 Å². The molecule has 0 bridgehead atoms. The molecular formula is C21H21N5O3. The molecule has 0 saturated carbocycles. The van der Waals surface area contributed by atoms with E-state index in [9.17, 15) is 19.6 Å². The van der Waals surface area contributed by atoms with Gasteiger partial charge in [-0.15, -0.1) is 0 Å². The number of amides is 3. The maximum absolute atomic E-state index is 12.7. The lowest BCUT2D eigenvalue weighted by Gasteiger charge is -2.23. The predicted octanol–water partition coefficient (Wildman–Crippen LogP) is 1.53. The Balaban J connectivity index is 1.62. The van der Waals surface area contributed by atoms with Crippen LogP contribution < -0.4 is 5.32 Å². The molecule has 1 aliphatic rings. The highest BCUT2D eigenvalue weighted by Crippen LogP contribution is 2.25. The third-order valence-electron chi connectivity index (χ3n) is 4.83. The Labute approximate surface area is 168 Å². The minimum atomic E-state index is -0.696. The number of nitriles is 1. The van der Waals surface area contributed by atoms with Gasteiger partial charge in [-0.2, -0.15) is 5.26 Å². The number of hydrogen-bond donors (Lipinski definition) is 1. The number of hydrogen-bond acceptors (Lipinski definition) is 5. The van der Waals surface area contributed by atoms with Crippen LogP contribution in [0, 0.1) is 17.2 Å². The molecule has 29 heavy (non-hydrogen) atoms. The first-order valence-corrected chi connectivity index (χ1v) is 9.20. The molecule has 1 aliphatic heterocycles. The summed E-state index contributed by atoms with van der Waals surface area (Å²) in [5.41, 5.74) is 1.09. The van der Waals surface area contributed by atoms with E-state index in [4.69, 9.17) is 0 Å². The van der Waals surface area contributed by atoms with Gasteiger partial charge in [0.05, 0.1) is 18.5 Å². The van der Waals surface area contributed by atoms with Crippen molar-refractivity contribution in [2.24, 2.45) is 5.92 Å². The van der Waals surface area contributed by atoms with Crippen LogP contribution in [0.1, 0.15) is 16.8 Å². The fourth-order valence-electron chi connectivity index (χ4n) is 3.27. The minimum absolute atomic E-state index is 0.146. The maximum Gasteiger partial charge on any atom is 0.254 e. The Morgan fingerprint density at radius 2 is 1.90 bits per heavy atom. The molecule has 2 heterocycles. The normalized spacial score (nSPS) is 18.0. The quantitative estimate of drug-likeness (QED) is 0.832. The zero-order valence-electron chi connectivity index (χ0n) is 16.0. The second kappa shape index (κ2) is 8.97. The van der Waals surface area contributed by atoms with Crippen molar-refractivity contribution >= 4 is 23.4 Å². The number of nitrogens with zero attached hydrogens (tertiary/aromatic N) is 4. The molecule has 2 atom stereocenters. The van der Waals surface area contributed by atoms with Crippen LogP contribution in [0.3, 0.4) is 0 Å². The van der Waals surface area contributed by atoms with Crippen LogP contribution in [0.5, 0.6) is 0 Å². The zero-order chi connectivity index (χ0) is 20.8. The first kappa shape index (κ1) is 20.0. The number of nitrogens with one attached hydrogen (secondary N) is 1. The average molecular weight is 391 g/mol. The summed E-state index contributed by atoms with van der Waals surface area (Å²) in [7, 11) is 1.53. The van der Waals surface area contributed by atoms with Crippen molar-refractivity contribution < 1.29 is 14.4 Å². The summed E-state index contributed by atoms with van der Waals surface area (Å²) < 4.78 is 0. The fourth-order valence-corrected chi connectivity index (χ4v) is 3.27. The van der Waals surface area contributed by atoms with E-state index in [1.165, 1.54) is 29.2 Å². The number of carbonyl (C=O) groups excluding carboxylic acids is 3. The van der Waals surface area contributed by atoms with Crippen LogP contribution in [0.15, 0.2) is 54.9 Å². The lowest BCUT2D eigenvalue weighted by Crippen LogP contribution is -2.43. The van der Waals surface area contributed by atoms with Crippen LogP contribution in [0.2, 0.25) is 0 Å². The Hall–Kier alpha value is -3.73. The van der Waals surface area contributed by atoms with E-state index in [1.807, 2.05) is 18.2 Å². The summed E-state index contributed by atoms with van der Waals surface area (Å²) in [6.45, 7) is -0.0284. The predicted molar refractivity (Wildman–Crippen MR) is 105 cm³/mol. The molecular weight excluding hydrogens is 370 g/mol. The summed E-state index contributed by atoms with van der Waals surface area (Å²) in [6, 6.07) is 13.6. The number of pyridine rings is 1. The van der Waals surface area contributed by atoms with E-state index in [1.54, 1.807) is 24.3 Å². The average Bonchev–Trinajstić information content (AvgIpc) is 3.19. The Morgan fingerprint density at radius 1 is 1.21 bits per heavy atom. The number of aromatic nitrogens is 1. The van der Waals surface area contributed by atoms with Crippen LogP contribution in [0.4, 0.5) is 5.69 Å². The van der Waals surface area contributed by atoms with E-state index in [0.29, 0.717) is 11.3 Å². The van der Waals surface area contributed by atoms with Crippen LogP contribution in [-0.2, 0) is 9.59 Å². The third-order valence-corrected chi connectivity index (χ3v) is 4.83. The van der Waals surface area contributed by atoms with Crippen molar-refractivity contribution in [3.05, 3.63) is 60.4 Å².